The van der Waals surface area contributed by atoms with Crippen molar-refractivity contribution in [2.45, 2.75) is 31.1 Å². The molecule has 7 heteroatoms. The quantitative estimate of drug-likeness (QED) is 0.450. The van der Waals surface area contributed by atoms with E-state index in [2.05, 4.69) is 29.8 Å². The highest BCUT2D eigenvalue weighted by Gasteiger charge is 2.30. The smallest absolute Gasteiger partial charge is 0.237 e. The summed E-state index contributed by atoms with van der Waals surface area (Å²) in [6, 6.07) is 14.3. The largest absolute Gasteiger partial charge is 0.308 e. The minimum Gasteiger partial charge on any atom is -0.308 e. The van der Waals surface area contributed by atoms with Crippen molar-refractivity contribution >= 4 is 23.4 Å². The number of thioether (sulfide) groups is 1. The molecule has 2 heterocycles. The Balaban J connectivity index is 1.53. The Morgan fingerprint density at radius 3 is 2.76 bits per heavy atom. The molecule has 0 radical (unpaired) electrons. The monoisotopic (exact) mass is 408 g/mol. The van der Waals surface area contributed by atoms with E-state index in [0.29, 0.717) is 17.5 Å². The molecule has 0 fully saturated rings. The van der Waals surface area contributed by atoms with Crippen LogP contribution in [0.5, 0.6) is 0 Å². The van der Waals surface area contributed by atoms with Gasteiger partial charge < -0.3 is 4.90 Å². The summed E-state index contributed by atoms with van der Waals surface area (Å²) in [5.74, 6) is 0.629. The first-order valence-corrected chi connectivity index (χ1v) is 10.4. The molecule has 1 aromatic heterocycles. The number of carbonyl (C=O) groups excluding carboxylic acids is 1. The van der Waals surface area contributed by atoms with Gasteiger partial charge >= 0.3 is 0 Å². The van der Waals surface area contributed by atoms with Gasteiger partial charge in [-0.05, 0) is 49.2 Å². The lowest BCUT2D eigenvalue weighted by Gasteiger charge is -2.22. The second kappa shape index (κ2) is 8.21. The molecule has 5 nitrogen and oxygen atoms in total. The number of anilines is 1. The molecule has 148 valence electrons. The zero-order chi connectivity index (χ0) is 20.4. The summed E-state index contributed by atoms with van der Waals surface area (Å²) in [5, 5.41) is 9.15. The number of amides is 1. The number of benzene rings is 2. The summed E-state index contributed by atoms with van der Waals surface area (Å²) in [5.41, 5.74) is 2.96. The number of fused-ring (bicyclic) bond motifs is 1. The average Bonchev–Trinajstić information content (AvgIpc) is 3.27. The van der Waals surface area contributed by atoms with Gasteiger partial charge in [0.25, 0.3) is 0 Å². The molecule has 0 spiro atoms. The fourth-order valence-electron chi connectivity index (χ4n) is 3.64. The van der Waals surface area contributed by atoms with Crippen LogP contribution in [0.1, 0.15) is 12.5 Å². The van der Waals surface area contributed by atoms with Gasteiger partial charge in [0.05, 0.1) is 5.75 Å². The Kier molecular flexibility index (Phi) is 5.49. The van der Waals surface area contributed by atoms with E-state index in [1.165, 1.54) is 29.5 Å². The maximum Gasteiger partial charge on any atom is 0.237 e. The van der Waals surface area contributed by atoms with Gasteiger partial charge in [-0.3, -0.25) is 9.36 Å². The maximum absolute atomic E-state index is 13.2. The molecular weight excluding hydrogens is 387 g/mol. The predicted molar refractivity (Wildman–Crippen MR) is 113 cm³/mol. The highest BCUT2D eigenvalue weighted by Crippen LogP contribution is 2.33. The standard InChI is InChI=1S/C22H21FN4OS/c1-3-12-26-21(16-8-10-18(23)11-9-16)24-25-22(26)29-14-20(28)27-15(2)13-17-6-4-5-7-19(17)27/h3-11,15H,1,12-14H2,2H3/t15-/m0/s1. The van der Waals surface area contributed by atoms with Crippen molar-refractivity contribution in [2.75, 3.05) is 10.7 Å². The van der Waals surface area contributed by atoms with Gasteiger partial charge in [0.1, 0.15) is 5.82 Å². The SMILES string of the molecule is C=CCn1c(SCC(=O)N2c3ccccc3C[C@@H]2C)nnc1-c1ccc(F)cc1. The molecular formula is C22H21FN4OS. The van der Waals surface area contributed by atoms with Gasteiger partial charge in [-0.15, -0.1) is 16.8 Å². The summed E-state index contributed by atoms with van der Waals surface area (Å²) in [7, 11) is 0. The Bertz CT molecular complexity index is 1050. The van der Waals surface area contributed by atoms with Crippen LogP contribution in [-0.4, -0.2) is 32.5 Å². The van der Waals surface area contributed by atoms with Crippen LogP contribution in [-0.2, 0) is 17.8 Å². The van der Waals surface area contributed by atoms with Crippen LogP contribution in [0.4, 0.5) is 10.1 Å². The zero-order valence-corrected chi connectivity index (χ0v) is 16.9. The van der Waals surface area contributed by atoms with Gasteiger partial charge in [-0.2, -0.15) is 0 Å². The molecule has 1 aliphatic rings. The third kappa shape index (κ3) is 3.82. The van der Waals surface area contributed by atoms with Crippen molar-refractivity contribution in [2.24, 2.45) is 0 Å². The van der Waals surface area contributed by atoms with E-state index in [0.717, 1.165) is 17.7 Å². The minimum absolute atomic E-state index is 0.0453. The van der Waals surface area contributed by atoms with Crippen molar-refractivity contribution in [3.63, 3.8) is 0 Å². The lowest BCUT2D eigenvalue weighted by atomic mass is 10.1. The number of carbonyl (C=O) groups is 1. The average molecular weight is 409 g/mol. The Hall–Kier alpha value is -2.93. The Labute approximate surface area is 173 Å². The van der Waals surface area contributed by atoms with Crippen molar-refractivity contribution in [1.82, 2.24) is 14.8 Å². The molecule has 0 aliphatic carbocycles. The Morgan fingerprint density at radius 1 is 1.24 bits per heavy atom. The number of halogens is 1. The van der Waals surface area contributed by atoms with Crippen molar-refractivity contribution in [1.29, 1.82) is 0 Å². The molecule has 0 N–H and O–H groups in total. The lowest BCUT2D eigenvalue weighted by molar-refractivity contribution is -0.116. The van der Waals surface area contributed by atoms with Crippen LogP contribution in [0.2, 0.25) is 0 Å². The summed E-state index contributed by atoms with van der Waals surface area (Å²) in [6.45, 7) is 6.36. The fourth-order valence-corrected chi connectivity index (χ4v) is 4.45. The molecule has 0 saturated carbocycles. The first kappa shape index (κ1) is 19.4. The number of para-hydroxylation sites is 1. The van der Waals surface area contributed by atoms with Crippen molar-refractivity contribution in [3.05, 3.63) is 72.6 Å². The number of hydrogen-bond donors (Lipinski definition) is 0. The van der Waals surface area contributed by atoms with Crippen molar-refractivity contribution in [3.8, 4) is 11.4 Å². The summed E-state index contributed by atoms with van der Waals surface area (Å²) in [4.78, 5) is 14.8. The van der Waals surface area contributed by atoms with Gasteiger partial charge in [-0.1, -0.05) is 36.0 Å². The molecule has 4 rings (SSSR count). The summed E-state index contributed by atoms with van der Waals surface area (Å²) in [6.07, 6.45) is 2.62. The third-order valence-corrected chi connectivity index (χ3v) is 5.88. The number of rotatable bonds is 6. The maximum atomic E-state index is 13.2. The first-order chi connectivity index (χ1) is 14.1. The number of nitrogens with zero attached hydrogens (tertiary/aromatic N) is 4. The topological polar surface area (TPSA) is 51.0 Å². The van der Waals surface area contributed by atoms with Crippen LogP contribution in [0.15, 0.2) is 66.3 Å². The molecule has 0 unspecified atom stereocenters. The van der Waals surface area contributed by atoms with Gasteiger partial charge in [0, 0.05) is 23.8 Å². The highest BCUT2D eigenvalue weighted by atomic mass is 32.2. The van der Waals surface area contributed by atoms with Crippen molar-refractivity contribution < 1.29 is 9.18 Å². The molecule has 1 aliphatic heterocycles. The van der Waals surface area contributed by atoms with Gasteiger partial charge in [0.2, 0.25) is 5.91 Å². The van der Waals surface area contributed by atoms with Crippen LogP contribution in [0.25, 0.3) is 11.4 Å². The van der Waals surface area contributed by atoms with E-state index >= 15 is 0 Å². The predicted octanol–water partition coefficient (Wildman–Crippen LogP) is 4.34. The molecule has 0 bridgehead atoms. The third-order valence-electron chi connectivity index (χ3n) is 4.93. The number of allylic oxidation sites excluding steroid dienone is 1. The first-order valence-electron chi connectivity index (χ1n) is 9.41. The van der Waals surface area contributed by atoms with E-state index in [4.69, 9.17) is 0 Å². The van der Waals surface area contributed by atoms with E-state index < -0.39 is 0 Å². The normalized spacial score (nSPS) is 15.4. The van der Waals surface area contributed by atoms with Crippen LogP contribution in [0.3, 0.4) is 0 Å². The Morgan fingerprint density at radius 2 is 2.00 bits per heavy atom. The molecule has 29 heavy (non-hydrogen) atoms. The molecule has 0 saturated heterocycles. The molecule has 1 atom stereocenters. The second-order valence-corrected chi connectivity index (χ2v) is 7.89. The van der Waals surface area contributed by atoms with E-state index in [1.807, 2.05) is 27.7 Å². The molecule has 1 amide bonds. The zero-order valence-electron chi connectivity index (χ0n) is 16.1. The number of aromatic nitrogens is 3. The molecule has 3 aromatic rings. The summed E-state index contributed by atoms with van der Waals surface area (Å²) >= 11 is 1.35. The van der Waals surface area contributed by atoms with Gasteiger partial charge in [-0.25, -0.2) is 4.39 Å². The fraction of sp³-hybridized carbons (Fsp3) is 0.227. The lowest BCUT2D eigenvalue weighted by Crippen LogP contribution is -2.37. The van der Waals surface area contributed by atoms with Crippen LogP contribution in [0, 0.1) is 5.82 Å². The number of hydrogen-bond acceptors (Lipinski definition) is 4. The molecule has 2 aromatic carbocycles. The van der Waals surface area contributed by atoms with Gasteiger partial charge in [0.15, 0.2) is 11.0 Å². The second-order valence-electron chi connectivity index (χ2n) is 6.95. The summed E-state index contributed by atoms with van der Waals surface area (Å²) < 4.78 is 15.1. The highest BCUT2D eigenvalue weighted by molar-refractivity contribution is 7.99. The van der Waals surface area contributed by atoms with Crippen LogP contribution < -0.4 is 4.90 Å². The van der Waals surface area contributed by atoms with E-state index in [9.17, 15) is 9.18 Å². The van der Waals surface area contributed by atoms with Crippen LogP contribution >= 0.6 is 11.8 Å². The minimum atomic E-state index is -0.302. The van der Waals surface area contributed by atoms with E-state index in [-0.39, 0.29) is 23.5 Å². The van der Waals surface area contributed by atoms with E-state index in [1.54, 1.807) is 18.2 Å².